The monoisotopic (exact) mass is 290 g/mol. The molecular formula is C18H30N2O. The van der Waals surface area contributed by atoms with Crippen LogP contribution in [-0.2, 0) is 4.74 Å². The number of nitrogens with one attached hydrogen (secondary N) is 1. The first kappa shape index (κ1) is 16.2. The molecule has 0 amide bonds. The molecule has 1 aliphatic heterocycles. The van der Waals surface area contributed by atoms with Crippen molar-refractivity contribution in [2.45, 2.75) is 46.1 Å². The van der Waals surface area contributed by atoms with Crippen LogP contribution in [0.3, 0.4) is 0 Å². The van der Waals surface area contributed by atoms with Crippen LogP contribution in [0.1, 0.15) is 40.0 Å². The average Bonchev–Trinajstić information content (AvgIpc) is 2.55. The summed E-state index contributed by atoms with van der Waals surface area (Å²) in [6.07, 6.45) is 3.68. The van der Waals surface area contributed by atoms with Crippen molar-refractivity contribution in [1.82, 2.24) is 0 Å². The predicted octanol–water partition coefficient (Wildman–Crippen LogP) is 4.15. The summed E-state index contributed by atoms with van der Waals surface area (Å²) in [5.74, 6) is 0.787. The van der Waals surface area contributed by atoms with Crippen LogP contribution in [0.15, 0.2) is 24.3 Å². The van der Waals surface area contributed by atoms with Gasteiger partial charge in [-0.2, -0.15) is 0 Å². The lowest BCUT2D eigenvalue weighted by molar-refractivity contribution is 0.122. The van der Waals surface area contributed by atoms with Crippen molar-refractivity contribution in [2.75, 3.05) is 36.5 Å². The zero-order valence-electron chi connectivity index (χ0n) is 13.8. The molecule has 21 heavy (non-hydrogen) atoms. The number of morpholine rings is 1. The van der Waals surface area contributed by atoms with Crippen molar-refractivity contribution in [3.8, 4) is 0 Å². The molecule has 2 atom stereocenters. The van der Waals surface area contributed by atoms with Crippen molar-refractivity contribution in [3.63, 3.8) is 0 Å². The molecule has 0 aliphatic carbocycles. The van der Waals surface area contributed by atoms with Gasteiger partial charge in [0.15, 0.2) is 0 Å². The molecular weight excluding hydrogens is 260 g/mol. The van der Waals surface area contributed by atoms with Crippen molar-refractivity contribution < 1.29 is 4.74 Å². The van der Waals surface area contributed by atoms with Crippen LogP contribution in [-0.4, -0.2) is 32.3 Å². The Balaban J connectivity index is 1.91. The fourth-order valence-corrected chi connectivity index (χ4v) is 2.81. The average molecular weight is 290 g/mol. The largest absolute Gasteiger partial charge is 0.382 e. The van der Waals surface area contributed by atoms with E-state index < -0.39 is 0 Å². The second-order valence-electron chi connectivity index (χ2n) is 6.14. The van der Waals surface area contributed by atoms with E-state index in [-0.39, 0.29) is 0 Å². The summed E-state index contributed by atoms with van der Waals surface area (Å²) in [6.45, 7) is 10.6. The van der Waals surface area contributed by atoms with Gasteiger partial charge in [-0.1, -0.05) is 27.2 Å². The van der Waals surface area contributed by atoms with Gasteiger partial charge in [-0.05, 0) is 43.0 Å². The lowest BCUT2D eigenvalue weighted by Crippen LogP contribution is -2.36. The summed E-state index contributed by atoms with van der Waals surface area (Å²) in [5, 5.41) is 3.68. The van der Waals surface area contributed by atoms with Gasteiger partial charge in [-0.25, -0.2) is 0 Å². The van der Waals surface area contributed by atoms with Gasteiger partial charge < -0.3 is 15.0 Å². The number of hydrogen-bond donors (Lipinski definition) is 1. The third-order valence-electron chi connectivity index (χ3n) is 4.49. The van der Waals surface area contributed by atoms with Crippen LogP contribution in [0.4, 0.5) is 11.4 Å². The summed E-state index contributed by atoms with van der Waals surface area (Å²) >= 11 is 0. The topological polar surface area (TPSA) is 24.5 Å². The highest BCUT2D eigenvalue weighted by molar-refractivity contribution is 5.55. The Hall–Kier alpha value is -1.22. The van der Waals surface area contributed by atoms with Crippen LogP contribution in [0.2, 0.25) is 0 Å². The first-order valence-electron chi connectivity index (χ1n) is 8.42. The molecule has 0 radical (unpaired) electrons. The van der Waals surface area contributed by atoms with E-state index in [9.17, 15) is 0 Å². The lowest BCUT2D eigenvalue weighted by atomic mass is 9.97. The molecule has 0 aromatic heterocycles. The van der Waals surface area contributed by atoms with Gasteiger partial charge in [-0.15, -0.1) is 0 Å². The highest BCUT2D eigenvalue weighted by Gasteiger charge is 2.12. The molecule has 0 saturated carbocycles. The van der Waals surface area contributed by atoms with Crippen LogP contribution in [0.25, 0.3) is 0 Å². The molecule has 2 unspecified atom stereocenters. The molecule has 0 bridgehead atoms. The van der Waals surface area contributed by atoms with Crippen LogP contribution in [0.5, 0.6) is 0 Å². The summed E-state index contributed by atoms with van der Waals surface area (Å²) in [7, 11) is 0. The zero-order chi connectivity index (χ0) is 15.1. The van der Waals surface area contributed by atoms with E-state index >= 15 is 0 Å². The zero-order valence-corrected chi connectivity index (χ0v) is 13.8. The minimum absolute atomic E-state index is 0.578. The minimum atomic E-state index is 0.578. The highest BCUT2D eigenvalue weighted by atomic mass is 16.5. The Labute approximate surface area is 129 Å². The first-order valence-corrected chi connectivity index (χ1v) is 8.42. The van der Waals surface area contributed by atoms with E-state index in [2.05, 4.69) is 55.3 Å². The Morgan fingerprint density at radius 1 is 1.10 bits per heavy atom. The van der Waals surface area contributed by atoms with Gasteiger partial charge in [-0.3, -0.25) is 0 Å². The van der Waals surface area contributed by atoms with Gasteiger partial charge in [0.05, 0.1) is 13.2 Å². The molecule has 1 N–H and O–H groups in total. The molecule has 3 nitrogen and oxygen atoms in total. The molecule has 1 heterocycles. The second-order valence-corrected chi connectivity index (χ2v) is 6.14. The quantitative estimate of drug-likeness (QED) is 0.816. The van der Waals surface area contributed by atoms with Gasteiger partial charge in [0.25, 0.3) is 0 Å². The first-order chi connectivity index (χ1) is 10.2. The molecule has 0 spiro atoms. The van der Waals surface area contributed by atoms with E-state index in [4.69, 9.17) is 4.74 Å². The number of hydrogen-bond acceptors (Lipinski definition) is 3. The molecule has 1 fully saturated rings. The van der Waals surface area contributed by atoms with Crippen LogP contribution >= 0.6 is 0 Å². The molecule has 1 aliphatic rings. The third kappa shape index (κ3) is 4.92. The minimum Gasteiger partial charge on any atom is -0.382 e. The standard InChI is InChI=1S/C18H30N2O/c1-4-15(3)14-16(5-2)19-17-6-8-18(9-7-17)20-10-12-21-13-11-20/h6-9,15-16,19H,4-5,10-14H2,1-3H3. The highest BCUT2D eigenvalue weighted by Crippen LogP contribution is 2.21. The number of anilines is 2. The molecule has 1 aromatic carbocycles. The maximum atomic E-state index is 5.41. The fourth-order valence-electron chi connectivity index (χ4n) is 2.81. The maximum absolute atomic E-state index is 5.41. The van der Waals surface area contributed by atoms with Gasteiger partial charge in [0.2, 0.25) is 0 Å². The lowest BCUT2D eigenvalue weighted by Gasteiger charge is -2.29. The second kappa shape index (κ2) is 8.28. The Bertz CT molecular complexity index is 398. The van der Waals surface area contributed by atoms with E-state index in [1.807, 2.05) is 0 Å². The van der Waals surface area contributed by atoms with E-state index in [1.165, 1.54) is 30.6 Å². The number of rotatable bonds is 7. The SMILES string of the molecule is CCC(C)CC(CC)Nc1ccc(N2CCOCC2)cc1. The summed E-state index contributed by atoms with van der Waals surface area (Å²) in [4.78, 5) is 2.39. The van der Waals surface area contributed by atoms with Crippen molar-refractivity contribution >= 4 is 11.4 Å². The van der Waals surface area contributed by atoms with Crippen LogP contribution in [0, 0.1) is 5.92 Å². The normalized spacial score (nSPS) is 18.3. The maximum Gasteiger partial charge on any atom is 0.0642 e. The van der Waals surface area contributed by atoms with Crippen molar-refractivity contribution in [3.05, 3.63) is 24.3 Å². The Kier molecular flexibility index (Phi) is 6.37. The molecule has 1 aromatic rings. The molecule has 1 saturated heterocycles. The van der Waals surface area contributed by atoms with E-state index in [1.54, 1.807) is 0 Å². The van der Waals surface area contributed by atoms with Gasteiger partial charge >= 0.3 is 0 Å². The summed E-state index contributed by atoms with van der Waals surface area (Å²) < 4.78 is 5.41. The molecule has 118 valence electrons. The van der Waals surface area contributed by atoms with E-state index in [0.717, 1.165) is 32.2 Å². The van der Waals surface area contributed by atoms with Gasteiger partial charge in [0.1, 0.15) is 0 Å². The fraction of sp³-hybridized carbons (Fsp3) is 0.667. The number of nitrogens with zero attached hydrogens (tertiary/aromatic N) is 1. The molecule has 3 heteroatoms. The Morgan fingerprint density at radius 2 is 1.76 bits per heavy atom. The smallest absolute Gasteiger partial charge is 0.0642 e. The predicted molar refractivity (Wildman–Crippen MR) is 91.2 cm³/mol. The number of ether oxygens (including phenoxy) is 1. The number of benzene rings is 1. The van der Waals surface area contributed by atoms with Gasteiger partial charge in [0, 0.05) is 30.5 Å². The van der Waals surface area contributed by atoms with Crippen molar-refractivity contribution in [1.29, 1.82) is 0 Å². The van der Waals surface area contributed by atoms with Crippen LogP contribution < -0.4 is 10.2 Å². The van der Waals surface area contributed by atoms with Crippen molar-refractivity contribution in [2.24, 2.45) is 5.92 Å². The summed E-state index contributed by atoms with van der Waals surface area (Å²) in [5.41, 5.74) is 2.54. The summed E-state index contributed by atoms with van der Waals surface area (Å²) in [6, 6.07) is 9.45. The van der Waals surface area contributed by atoms with E-state index in [0.29, 0.717) is 6.04 Å². The third-order valence-corrected chi connectivity index (χ3v) is 4.49. The Morgan fingerprint density at radius 3 is 2.33 bits per heavy atom. The molecule has 2 rings (SSSR count).